The van der Waals surface area contributed by atoms with Crippen LogP contribution in [0.15, 0.2) is 23.1 Å². The highest BCUT2D eigenvalue weighted by atomic mass is 32.2. The molecule has 1 saturated carbocycles. The highest BCUT2D eigenvalue weighted by Gasteiger charge is 2.19. The Morgan fingerprint density at radius 1 is 1.17 bits per heavy atom. The summed E-state index contributed by atoms with van der Waals surface area (Å²) in [5.74, 6) is 1.26. The van der Waals surface area contributed by atoms with Crippen LogP contribution < -0.4 is 5.32 Å². The summed E-state index contributed by atoms with van der Waals surface area (Å²) in [6.07, 6.45) is 19.0. The highest BCUT2D eigenvalue weighted by molar-refractivity contribution is 8.03. The summed E-state index contributed by atoms with van der Waals surface area (Å²) in [4.78, 5) is 4.32. The molecular formula is C20H36N2S. The van der Waals surface area contributed by atoms with Crippen LogP contribution in [0, 0.1) is 0 Å². The minimum Gasteiger partial charge on any atom is -0.315 e. The minimum atomic E-state index is 0.868. The summed E-state index contributed by atoms with van der Waals surface area (Å²) >= 11 is 2.05. The van der Waals surface area contributed by atoms with E-state index >= 15 is 0 Å². The molecule has 2 aliphatic rings. The fraction of sp³-hybridized carbons (Fsp3) is 0.800. The van der Waals surface area contributed by atoms with Gasteiger partial charge in [-0.15, -0.1) is 11.8 Å². The molecule has 0 aromatic carbocycles. The Balaban J connectivity index is 1.50. The number of hydrogen-bond donors (Lipinski definition) is 1. The SMILES string of the molecule is CCCN(CCNCCCSC1=CC=CCC1)C1CCCCC1. The fourth-order valence-corrected chi connectivity index (χ4v) is 4.65. The molecule has 2 aliphatic carbocycles. The quantitative estimate of drug-likeness (QED) is 0.536. The third-order valence-electron chi connectivity index (χ3n) is 4.94. The molecule has 0 spiro atoms. The lowest BCUT2D eigenvalue weighted by molar-refractivity contribution is 0.157. The van der Waals surface area contributed by atoms with Crippen LogP contribution in [0.3, 0.4) is 0 Å². The van der Waals surface area contributed by atoms with E-state index in [1.54, 1.807) is 4.91 Å². The first-order valence-electron chi connectivity index (χ1n) is 9.83. The van der Waals surface area contributed by atoms with Gasteiger partial charge in [0.25, 0.3) is 0 Å². The molecule has 3 heteroatoms. The van der Waals surface area contributed by atoms with Crippen molar-refractivity contribution < 1.29 is 0 Å². The monoisotopic (exact) mass is 336 g/mol. The zero-order valence-electron chi connectivity index (χ0n) is 15.1. The van der Waals surface area contributed by atoms with Gasteiger partial charge in [0.1, 0.15) is 0 Å². The molecule has 0 amide bonds. The van der Waals surface area contributed by atoms with Crippen LogP contribution in [-0.4, -0.2) is 42.9 Å². The van der Waals surface area contributed by atoms with Crippen molar-refractivity contribution in [1.29, 1.82) is 0 Å². The van der Waals surface area contributed by atoms with Gasteiger partial charge >= 0.3 is 0 Å². The highest BCUT2D eigenvalue weighted by Crippen LogP contribution is 2.24. The molecule has 0 saturated heterocycles. The average Bonchev–Trinajstić information content (AvgIpc) is 2.61. The van der Waals surface area contributed by atoms with Crippen LogP contribution >= 0.6 is 11.8 Å². The minimum absolute atomic E-state index is 0.868. The predicted octanol–water partition coefficient (Wildman–Crippen LogP) is 4.98. The third kappa shape index (κ3) is 7.91. The molecular weight excluding hydrogens is 300 g/mol. The smallest absolute Gasteiger partial charge is 0.0110 e. The molecule has 0 heterocycles. The maximum atomic E-state index is 3.66. The lowest BCUT2D eigenvalue weighted by Gasteiger charge is -2.34. The zero-order chi connectivity index (χ0) is 16.2. The van der Waals surface area contributed by atoms with Gasteiger partial charge in [-0.1, -0.05) is 44.4 Å². The van der Waals surface area contributed by atoms with Crippen LogP contribution in [0.25, 0.3) is 0 Å². The second kappa shape index (κ2) is 12.2. The summed E-state index contributed by atoms with van der Waals surface area (Å²) in [5, 5.41) is 3.66. The molecule has 132 valence electrons. The average molecular weight is 337 g/mol. The maximum absolute atomic E-state index is 3.66. The van der Waals surface area contributed by atoms with E-state index in [4.69, 9.17) is 0 Å². The first-order chi connectivity index (χ1) is 11.4. The Hall–Kier alpha value is -0.250. The number of nitrogens with one attached hydrogen (secondary N) is 1. The Bertz CT molecular complexity index is 359. The normalized spacial score (nSPS) is 19.3. The second-order valence-electron chi connectivity index (χ2n) is 6.88. The summed E-state index contributed by atoms with van der Waals surface area (Å²) in [5.41, 5.74) is 0. The van der Waals surface area contributed by atoms with E-state index in [1.807, 2.05) is 0 Å². The fourth-order valence-electron chi connectivity index (χ4n) is 3.66. The lowest BCUT2D eigenvalue weighted by atomic mass is 9.94. The molecule has 0 atom stereocenters. The number of allylic oxidation sites excluding steroid dienone is 4. The van der Waals surface area contributed by atoms with Crippen molar-refractivity contribution in [3.63, 3.8) is 0 Å². The molecule has 2 rings (SSSR count). The maximum Gasteiger partial charge on any atom is 0.0110 e. The molecule has 1 fully saturated rings. The van der Waals surface area contributed by atoms with Gasteiger partial charge in [-0.25, -0.2) is 0 Å². The first-order valence-corrected chi connectivity index (χ1v) is 10.8. The number of thioether (sulfide) groups is 1. The van der Waals surface area contributed by atoms with E-state index in [0.717, 1.165) is 12.6 Å². The third-order valence-corrected chi connectivity index (χ3v) is 6.14. The number of nitrogens with zero attached hydrogens (tertiary/aromatic N) is 1. The van der Waals surface area contributed by atoms with Crippen LogP contribution in [0.1, 0.15) is 64.7 Å². The Morgan fingerprint density at radius 2 is 2.04 bits per heavy atom. The van der Waals surface area contributed by atoms with E-state index in [9.17, 15) is 0 Å². The largest absolute Gasteiger partial charge is 0.315 e. The topological polar surface area (TPSA) is 15.3 Å². The molecule has 0 unspecified atom stereocenters. The van der Waals surface area contributed by atoms with Gasteiger partial charge < -0.3 is 5.32 Å². The van der Waals surface area contributed by atoms with E-state index < -0.39 is 0 Å². The molecule has 1 N–H and O–H groups in total. The van der Waals surface area contributed by atoms with Crippen LogP contribution in [0.5, 0.6) is 0 Å². The molecule has 0 bridgehead atoms. The van der Waals surface area contributed by atoms with Gasteiger partial charge in [-0.2, -0.15) is 0 Å². The standard InChI is InChI=1S/C20H36N2S/c1-2-16-22(19-10-5-3-6-11-19)17-15-21-14-9-18-23-20-12-7-4-8-13-20/h4,7,12,19,21H,2-3,5-6,8-11,13-18H2,1H3. The first kappa shape index (κ1) is 19.1. The summed E-state index contributed by atoms with van der Waals surface area (Å²) in [7, 11) is 0. The van der Waals surface area contributed by atoms with Gasteiger partial charge in [-0.05, 0) is 62.3 Å². The number of rotatable bonds is 11. The Morgan fingerprint density at radius 3 is 2.78 bits per heavy atom. The van der Waals surface area contributed by atoms with Gasteiger partial charge in [0.15, 0.2) is 0 Å². The van der Waals surface area contributed by atoms with E-state index in [0.29, 0.717) is 0 Å². The van der Waals surface area contributed by atoms with Crippen molar-refractivity contribution in [3.8, 4) is 0 Å². The number of hydrogen-bond acceptors (Lipinski definition) is 3. The van der Waals surface area contributed by atoms with Crippen molar-refractivity contribution in [2.75, 3.05) is 31.9 Å². The van der Waals surface area contributed by atoms with Crippen molar-refractivity contribution in [1.82, 2.24) is 10.2 Å². The molecule has 23 heavy (non-hydrogen) atoms. The Labute approximate surface area is 148 Å². The van der Waals surface area contributed by atoms with E-state index in [1.165, 1.54) is 83.2 Å². The van der Waals surface area contributed by atoms with Gasteiger partial charge in [0, 0.05) is 19.1 Å². The Kier molecular flexibility index (Phi) is 10.1. The lowest BCUT2D eigenvalue weighted by Crippen LogP contribution is -2.41. The van der Waals surface area contributed by atoms with Crippen molar-refractivity contribution in [2.24, 2.45) is 0 Å². The molecule has 0 aromatic rings. The van der Waals surface area contributed by atoms with Gasteiger partial charge in [0.2, 0.25) is 0 Å². The van der Waals surface area contributed by atoms with Crippen LogP contribution in [0.4, 0.5) is 0 Å². The van der Waals surface area contributed by atoms with E-state index in [-0.39, 0.29) is 0 Å². The summed E-state index contributed by atoms with van der Waals surface area (Å²) in [6.45, 7) is 7.16. The molecule has 2 nitrogen and oxygen atoms in total. The molecule has 0 aromatic heterocycles. The van der Waals surface area contributed by atoms with Gasteiger partial charge in [-0.3, -0.25) is 4.90 Å². The van der Waals surface area contributed by atoms with Crippen molar-refractivity contribution in [3.05, 3.63) is 23.1 Å². The van der Waals surface area contributed by atoms with Crippen LogP contribution in [0.2, 0.25) is 0 Å². The molecule has 0 aliphatic heterocycles. The predicted molar refractivity (Wildman–Crippen MR) is 105 cm³/mol. The molecule has 0 radical (unpaired) electrons. The zero-order valence-corrected chi connectivity index (χ0v) is 15.9. The van der Waals surface area contributed by atoms with Gasteiger partial charge in [0.05, 0.1) is 0 Å². The van der Waals surface area contributed by atoms with Crippen molar-refractivity contribution >= 4 is 11.8 Å². The van der Waals surface area contributed by atoms with E-state index in [2.05, 4.69) is 47.1 Å². The second-order valence-corrected chi connectivity index (χ2v) is 8.10. The summed E-state index contributed by atoms with van der Waals surface area (Å²) < 4.78 is 0. The van der Waals surface area contributed by atoms with Crippen molar-refractivity contribution in [2.45, 2.75) is 70.8 Å². The van der Waals surface area contributed by atoms with Crippen LogP contribution in [-0.2, 0) is 0 Å². The summed E-state index contributed by atoms with van der Waals surface area (Å²) in [6, 6.07) is 0.868.